The van der Waals surface area contributed by atoms with Crippen LogP contribution in [0.3, 0.4) is 0 Å². The number of primary amides is 1. The smallest absolute Gasteiger partial charge is 0.252 e. The number of carbonyl (C=O) groups excluding carboxylic acids is 1. The quantitative estimate of drug-likeness (QED) is 0.422. The Kier molecular flexibility index (Phi) is 6.46. The first-order valence-electron chi connectivity index (χ1n) is 9.87. The summed E-state index contributed by atoms with van der Waals surface area (Å²) in [6, 6.07) is 0.915. The predicted molar refractivity (Wildman–Crippen MR) is 115 cm³/mol. The van der Waals surface area contributed by atoms with Gasteiger partial charge in [-0.2, -0.15) is 5.10 Å². The second kappa shape index (κ2) is 9.04. The fourth-order valence-electron chi connectivity index (χ4n) is 3.32. The lowest BCUT2D eigenvalue weighted by molar-refractivity contribution is 0.100. The molecule has 6 N–H and O–H groups in total. The Morgan fingerprint density at radius 3 is 2.67 bits per heavy atom. The summed E-state index contributed by atoms with van der Waals surface area (Å²) in [4.78, 5) is 20.5. The molecule has 0 bridgehead atoms. The van der Waals surface area contributed by atoms with Crippen molar-refractivity contribution >= 4 is 34.1 Å². The number of carbonyl (C=O) groups is 1. The lowest BCUT2D eigenvalue weighted by Crippen LogP contribution is -2.31. The van der Waals surface area contributed by atoms with Crippen molar-refractivity contribution in [2.75, 3.05) is 17.2 Å². The summed E-state index contributed by atoms with van der Waals surface area (Å²) in [5.74, 6) is -0.965. The standard InChI is InChI=1S/C20H27FN8O/c1-4-29-17-10-24-9-16(14(17)8-25-29)27-19-13(18(23)30)6-15(21)20(28-19)26-12(7-22)5-11(2)3/h6,8-12H,4-5,7,22H2,1-3H3,(H2,23,30)(H2,26,27,28)/t12-/m1/s1. The van der Waals surface area contributed by atoms with Crippen LogP contribution in [0.15, 0.2) is 24.7 Å². The molecule has 1 atom stereocenters. The molecule has 10 heteroatoms. The van der Waals surface area contributed by atoms with E-state index in [1.54, 1.807) is 23.3 Å². The zero-order chi connectivity index (χ0) is 21.8. The van der Waals surface area contributed by atoms with Crippen molar-refractivity contribution in [1.82, 2.24) is 19.7 Å². The van der Waals surface area contributed by atoms with Gasteiger partial charge in [0.15, 0.2) is 11.6 Å². The average molecular weight is 414 g/mol. The molecule has 3 rings (SSSR count). The summed E-state index contributed by atoms with van der Waals surface area (Å²) in [6.45, 7) is 7.09. The molecule has 30 heavy (non-hydrogen) atoms. The number of hydrogen-bond donors (Lipinski definition) is 4. The van der Waals surface area contributed by atoms with Crippen molar-refractivity contribution in [3.05, 3.63) is 36.0 Å². The molecule has 1 amide bonds. The molecule has 0 radical (unpaired) electrons. The van der Waals surface area contributed by atoms with Crippen molar-refractivity contribution < 1.29 is 9.18 Å². The van der Waals surface area contributed by atoms with Gasteiger partial charge in [0.2, 0.25) is 0 Å². The van der Waals surface area contributed by atoms with Gasteiger partial charge in [-0.3, -0.25) is 14.5 Å². The largest absolute Gasteiger partial charge is 0.365 e. The lowest BCUT2D eigenvalue weighted by Gasteiger charge is -2.21. The first-order valence-corrected chi connectivity index (χ1v) is 9.87. The SMILES string of the molecule is CCn1ncc2c(Nc3nc(N[C@@H](CN)CC(C)C)c(F)cc3C(N)=O)cncc21. The third-order valence-electron chi connectivity index (χ3n) is 4.75. The molecule has 0 aliphatic carbocycles. The molecular weight excluding hydrogens is 387 g/mol. The van der Waals surface area contributed by atoms with Gasteiger partial charge in [0.25, 0.3) is 5.91 Å². The van der Waals surface area contributed by atoms with Crippen molar-refractivity contribution in [1.29, 1.82) is 0 Å². The van der Waals surface area contributed by atoms with Crippen molar-refractivity contribution in [2.45, 2.75) is 39.8 Å². The topological polar surface area (TPSA) is 137 Å². The molecule has 160 valence electrons. The van der Waals surface area contributed by atoms with Crippen LogP contribution in [0.5, 0.6) is 0 Å². The van der Waals surface area contributed by atoms with Crippen LogP contribution in [0, 0.1) is 11.7 Å². The Morgan fingerprint density at radius 1 is 1.27 bits per heavy atom. The maximum Gasteiger partial charge on any atom is 0.252 e. The highest BCUT2D eigenvalue weighted by Gasteiger charge is 2.19. The highest BCUT2D eigenvalue weighted by Crippen LogP contribution is 2.28. The summed E-state index contributed by atoms with van der Waals surface area (Å²) in [6.07, 6.45) is 5.74. The number of halogens is 1. The number of aromatic nitrogens is 4. The molecule has 0 saturated carbocycles. The van der Waals surface area contributed by atoms with E-state index < -0.39 is 11.7 Å². The number of amides is 1. The first kappa shape index (κ1) is 21.4. The number of nitrogens with two attached hydrogens (primary N) is 2. The zero-order valence-corrected chi connectivity index (χ0v) is 17.3. The highest BCUT2D eigenvalue weighted by atomic mass is 19.1. The highest BCUT2D eigenvalue weighted by molar-refractivity contribution is 6.00. The number of fused-ring (bicyclic) bond motifs is 1. The minimum Gasteiger partial charge on any atom is -0.365 e. The molecule has 0 spiro atoms. The Balaban J connectivity index is 2.01. The average Bonchev–Trinajstić information content (AvgIpc) is 3.13. The van der Waals surface area contributed by atoms with Gasteiger partial charge in [0.05, 0.1) is 35.4 Å². The van der Waals surface area contributed by atoms with Crippen molar-refractivity contribution in [2.24, 2.45) is 17.4 Å². The van der Waals surface area contributed by atoms with E-state index in [-0.39, 0.29) is 23.2 Å². The van der Waals surface area contributed by atoms with Crippen LogP contribution in [0.4, 0.5) is 21.7 Å². The van der Waals surface area contributed by atoms with Gasteiger partial charge in [0, 0.05) is 24.5 Å². The molecule has 0 aromatic carbocycles. The van der Waals surface area contributed by atoms with Crippen LogP contribution in [0.2, 0.25) is 0 Å². The molecule has 0 unspecified atom stereocenters. The van der Waals surface area contributed by atoms with Gasteiger partial charge < -0.3 is 22.1 Å². The summed E-state index contributed by atoms with van der Waals surface area (Å²) < 4.78 is 16.4. The van der Waals surface area contributed by atoms with Gasteiger partial charge in [-0.05, 0) is 25.3 Å². The van der Waals surface area contributed by atoms with Crippen LogP contribution in [-0.2, 0) is 6.54 Å². The summed E-state index contributed by atoms with van der Waals surface area (Å²) in [5.41, 5.74) is 12.6. The van der Waals surface area contributed by atoms with E-state index in [0.29, 0.717) is 24.7 Å². The molecule has 3 heterocycles. The number of pyridine rings is 2. The monoisotopic (exact) mass is 414 g/mol. The maximum absolute atomic E-state index is 14.6. The third kappa shape index (κ3) is 4.48. The Morgan fingerprint density at radius 2 is 2.03 bits per heavy atom. The van der Waals surface area contributed by atoms with E-state index in [2.05, 4.69) is 39.5 Å². The number of anilines is 3. The van der Waals surface area contributed by atoms with Crippen LogP contribution in [0.25, 0.3) is 10.9 Å². The molecule has 3 aromatic rings. The van der Waals surface area contributed by atoms with Crippen molar-refractivity contribution in [3.63, 3.8) is 0 Å². The number of nitrogens with one attached hydrogen (secondary N) is 2. The van der Waals surface area contributed by atoms with Gasteiger partial charge in [-0.15, -0.1) is 0 Å². The fourth-order valence-corrected chi connectivity index (χ4v) is 3.32. The lowest BCUT2D eigenvalue weighted by atomic mass is 10.0. The third-order valence-corrected chi connectivity index (χ3v) is 4.75. The first-order chi connectivity index (χ1) is 14.3. The van der Waals surface area contributed by atoms with E-state index in [4.69, 9.17) is 11.5 Å². The summed E-state index contributed by atoms with van der Waals surface area (Å²) in [7, 11) is 0. The van der Waals surface area contributed by atoms with Crippen LogP contribution in [-0.4, -0.2) is 38.2 Å². The number of nitrogens with zero attached hydrogens (tertiary/aromatic N) is 4. The summed E-state index contributed by atoms with van der Waals surface area (Å²) >= 11 is 0. The van der Waals surface area contributed by atoms with Gasteiger partial charge >= 0.3 is 0 Å². The van der Waals surface area contributed by atoms with Crippen molar-refractivity contribution in [3.8, 4) is 0 Å². The van der Waals surface area contributed by atoms with E-state index in [9.17, 15) is 9.18 Å². The van der Waals surface area contributed by atoms with Crippen LogP contribution >= 0.6 is 0 Å². The van der Waals surface area contributed by atoms with E-state index in [1.165, 1.54) is 0 Å². The number of hydrogen-bond acceptors (Lipinski definition) is 7. The van der Waals surface area contributed by atoms with E-state index in [1.807, 2.05) is 6.92 Å². The van der Waals surface area contributed by atoms with E-state index in [0.717, 1.165) is 23.4 Å². The normalized spacial score (nSPS) is 12.3. The zero-order valence-electron chi connectivity index (χ0n) is 17.3. The second-order valence-corrected chi connectivity index (χ2v) is 7.49. The summed E-state index contributed by atoms with van der Waals surface area (Å²) in [5, 5.41) is 11.2. The fraction of sp³-hybridized carbons (Fsp3) is 0.400. The Labute approximate surface area is 174 Å². The molecular formula is C20H27FN8O. The van der Waals surface area contributed by atoms with Crippen LogP contribution in [0.1, 0.15) is 37.6 Å². The minimum atomic E-state index is -0.794. The van der Waals surface area contributed by atoms with Gasteiger partial charge in [-0.1, -0.05) is 13.8 Å². The number of aryl methyl sites for hydroxylation is 1. The molecule has 3 aromatic heterocycles. The molecule has 9 nitrogen and oxygen atoms in total. The number of rotatable bonds is 9. The maximum atomic E-state index is 14.6. The second-order valence-electron chi connectivity index (χ2n) is 7.49. The predicted octanol–water partition coefficient (Wildman–Crippen LogP) is 2.61. The van der Waals surface area contributed by atoms with Gasteiger partial charge in [-0.25, -0.2) is 9.37 Å². The van der Waals surface area contributed by atoms with Crippen LogP contribution < -0.4 is 22.1 Å². The molecule has 0 saturated heterocycles. The minimum absolute atomic E-state index is 0.00277. The molecule has 0 aliphatic heterocycles. The Hall–Kier alpha value is -3.27. The Bertz CT molecular complexity index is 1050. The van der Waals surface area contributed by atoms with Gasteiger partial charge in [0.1, 0.15) is 5.82 Å². The molecule has 0 fully saturated rings. The van der Waals surface area contributed by atoms with E-state index >= 15 is 0 Å². The molecule has 0 aliphatic rings.